The molecule has 0 spiro atoms. The zero-order valence-electron chi connectivity index (χ0n) is 11.0. The lowest BCUT2D eigenvalue weighted by atomic mass is 10.2. The highest BCUT2D eigenvalue weighted by molar-refractivity contribution is 5.89. The number of aromatic amines is 2. The first-order chi connectivity index (χ1) is 9.83. The number of methoxy groups -OCH3 is 1. The summed E-state index contributed by atoms with van der Waals surface area (Å²) in [6.45, 7) is 0. The van der Waals surface area contributed by atoms with Crippen molar-refractivity contribution in [3.05, 3.63) is 48.7 Å². The topological polar surface area (TPSA) is 53.7 Å². The Hall–Kier alpha value is -2.75. The van der Waals surface area contributed by atoms with Crippen molar-refractivity contribution in [3.63, 3.8) is 0 Å². The van der Waals surface area contributed by atoms with E-state index in [1.807, 2.05) is 30.3 Å². The van der Waals surface area contributed by atoms with Gasteiger partial charge in [-0.15, -0.1) is 0 Å². The van der Waals surface area contributed by atoms with Crippen LogP contribution in [0.15, 0.2) is 48.7 Å². The molecular formula is C16H13N3O. The lowest BCUT2D eigenvalue weighted by molar-refractivity contribution is 0.415. The summed E-state index contributed by atoms with van der Waals surface area (Å²) in [6, 6.07) is 14.2. The maximum Gasteiger partial charge on any atom is 0.137 e. The predicted octanol–water partition coefficient (Wildman–Crippen LogP) is 3.72. The van der Waals surface area contributed by atoms with Gasteiger partial charge in [-0.1, -0.05) is 0 Å². The first kappa shape index (κ1) is 11.1. The molecule has 0 saturated heterocycles. The summed E-state index contributed by atoms with van der Waals surface area (Å²) >= 11 is 0. The van der Waals surface area contributed by atoms with Gasteiger partial charge in [0.05, 0.1) is 18.5 Å². The molecular weight excluding hydrogens is 250 g/mol. The number of rotatable bonds is 2. The van der Waals surface area contributed by atoms with Gasteiger partial charge in [-0.25, -0.2) is 4.98 Å². The molecule has 0 radical (unpaired) electrons. The van der Waals surface area contributed by atoms with Crippen molar-refractivity contribution in [2.75, 3.05) is 7.11 Å². The number of benzene rings is 1. The molecule has 0 aliphatic heterocycles. The number of hydrogen-bond acceptors (Lipinski definition) is 2. The third kappa shape index (κ3) is 1.66. The van der Waals surface area contributed by atoms with Crippen LogP contribution in [-0.4, -0.2) is 22.1 Å². The Labute approximate surface area is 115 Å². The van der Waals surface area contributed by atoms with Crippen LogP contribution in [0.1, 0.15) is 0 Å². The van der Waals surface area contributed by atoms with Gasteiger partial charge in [0.1, 0.15) is 11.4 Å². The number of fused-ring (bicyclic) bond motifs is 2. The van der Waals surface area contributed by atoms with Gasteiger partial charge < -0.3 is 14.7 Å². The van der Waals surface area contributed by atoms with Crippen molar-refractivity contribution in [3.8, 4) is 17.1 Å². The van der Waals surface area contributed by atoms with Crippen molar-refractivity contribution >= 4 is 21.9 Å². The molecule has 98 valence electrons. The summed E-state index contributed by atoms with van der Waals surface area (Å²) in [5, 5.41) is 2.24. The molecule has 4 rings (SSSR count). The molecule has 2 N–H and O–H groups in total. The molecule has 0 aliphatic rings. The molecule has 0 saturated carbocycles. The maximum absolute atomic E-state index is 5.25. The van der Waals surface area contributed by atoms with E-state index in [1.54, 1.807) is 13.3 Å². The highest BCUT2D eigenvalue weighted by atomic mass is 16.5. The minimum atomic E-state index is 0.862. The van der Waals surface area contributed by atoms with E-state index in [1.165, 1.54) is 0 Å². The summed E-state index contributed by atoms with van der Waals surface area (Å²) in [6.07, 6.45) is 1.79. The van der Waals surface area contributed by atoms with Gasteiger partial charge in [-0.3, -0.25) is 0 Å². The van der Waals surface area contributed by atoms with E-state index in [-0.39, 0.29) is 0 Å². The van der Waals surface area contributed by atoms with Crippen molar-refractivity contribution in [1.82, 2.24) is 15.0 Å². The van der Waals surface area contributed by atoms with Gasteiger partial charge in [-0.2, -0.15) is 0 Å². The second kappa shape index (κ2) is 4.13. The summed E-state index contributed by atoms with van der Waals surface area (Å²) in [5.74, 6) is 0.862. The summed E-state index contributed by atoms with van der Waals surface area (Å²) in [5.41, 5.74) is 4.08. The second-order valence-corrected chi connectivity index (χ2v) is 4.76. The van der Waals surface area contributed by atoms with Crippen LogP contribution in [-0.2, 0) is 0 Å². The van der Waals surface area contributed by atoms with Gasteiger partial charge in [0.2, 0.25) is 0 Å². The Morgan fingerprint density at radius 3 is 2.65 bits per heavy atom. The first-order valence-electron chi connectivity index (χ1n) is 6.44. The van der Waals surface area contributed by atoms with Crippen LogP contribution in [0.3, 0.4) is 0 Å². The van der Waals surface area contributed by atoms with Crippen molar-refractivity contribution in [2.24, 2.45) is 0 Å². The normalized spacial score (nSPS) is 11.2. The fourth-order valence-corrected chi connectivity index (χ4v) is 2.49. The monoisotopic (exact) mass is 263 g/mol. The third-order valence-corrected chi connectivity index (χ3v) is 3.51. The van der Waals surface area contributed by atoms with E-state index in [0.717, 1.165) is 39.1 Å². The fraction of sp³-hybridized carbons (Fsp3) is 0.0625. The molecule has 0 unspecified atom stereocenters. The largest absolute Gasteiger partial charge is 0.497 e. The SMILES string of the molecule is COc1ccc2[nH]c(-c3cc4cccnc4[nH]3)cc2c1. The molecule has 20 heavy (non-hydrogen) atoms. The molecule has 3 aromatic heterocycles. The van der Waals surface area contributed by atoms with E-state index in [0.29, 0.717) is 0 Å². The lowest BCUT2D eigenvalue weighted by Gasteiger charge is -1.97. The summed E-state index contributed by atoms with van der Waals surface area (Å²) in [7, 11) is 1.68. The zero-order chi connectivity index (χ0) is 13.5. The van der Waals surface area contributed by atoms with Crippen molar-refractivity contribution in [2.45, 2.75) is 0 Å². The van der Waals surface area contributed by atoms with Gasteiger partial charge in [0, 0.05) is 22.5 Å². The molecule has 0 amide bonds. The van der Waals surface area contributed by atoms with Gasteiger partial charge in [0.15, 0.2) is 0 Å². The molecule has 0 atom stereocenters. The van der Waals surface area contributed by atoms with Crippen molar-refractivity contribution < 1.29 is 4.74 Å². The molecule has 1 aromatic carbocycles. The molecule has 0 bridgehead atoms. The number of aromatic nitrogens is 3. The fourth-order valence-electron chi connectivity index (χ4n) is 2.49. The van der Waals surface area contributed by atoms with Gasteiger partial charge >= 0.3 is 0 Å². The third-order valence-electron chi connectivity index (χ3n) is 3.51. The quantitative estimate of drug-likeness (QED) is 0.579. The Kier molecular flexibility index (Phi) is 2.29. The van der Waals surface area contributed by atoms with E-state index < -0.39 is 0 Å². The Morgan fingerprint density at radius 1 is 0.950 bits per heavy atom. The molecule has 4 heteroatoms. The van der Waals surface area contributed by atoms with Crippen LogP contribution in [0.5, 0.6) is 5.75 Å². The Morgan fingerprint density at radius 2 is 1.80 bits per heavy atom. The smallest absolute Gasteiger partial charge is 0.137 e. The van der Waals surface area contributed by atoms with Crippen LogP contribution < -0.4 is 4.74 Å². The average molecular weight is 263 g/mol. The molecule has 4 nitrogen and oxygen atoms in total. The second-order valence-electron chi connectivity index (χ2n) is 4.76. The molecule has 3 heterocycles. The number of pyridine rings is 1. The minimum Gasteiger partial charge on any atom is -0.497 e. The van der Waals surface area contributed by atoms with Crippen molar-refractivity contribution in [1.29, 1.82) is 0 Å². The van der Waals surface area contributed by atoms with Crippen LogP contribution in [0.4, 0.5) is 0 Å². The Balaban J connectivity index is 1.88. The van der Waals surface area contributed by atoms with Crippen LogP contribution >= 0.6 is 0 Å². The van der Waals surface area contributed by atoms with Crippen LogP contribution in [0.2, 0.25) is 0 Å². The van der Waals surface area contributed by atoms with E-state index in [2.05, 4.69) is 27.1 Å². The number of H-pyrrole nitrogens is 2. The van der Waals surface area contributed by atoms with Gasteiger partial charge in [-0.05, 0) is 42.5 Å². The van der Waals surface area contributed by atoms with Crippen LogP contribution in [0, 0.1) is 0 Å². The molecule has 0 aliphatic carbocycles. The first-order valence-corrected chi connectivity index (χ1v) is 6.44. The number of nitrogens with one attached hydrogen (secondary N) is 2. The Bertz CT molecular complexity index is 871. The highest BCUT2D eigenvalue weighted by Crippen LogP contribution is 2.28. The van der Waals surface area contributed by atoms with E-state index in [4.69, 9.17) is 4.74 Å². The lowest BCUT2D eigenvalue weighted by Crippen LogP contribution is -1.80. The maximum atomic E-state index is 5.25. The average Bonchev–Trinajstić information content (AvgIpc) is 3.09. The summed E-state index contributed by atoms with van der Waals surface area (Å²) in [4.78, 5) is 11.1. The highest BCUT2D eigenvalue weighted by Gasteiger charge is 2.07. The molecule has 4 aromatic rings. The molecule has 0 fully saturated rings. The van der Waals surface area contributed by atoms with E-state index >= 15 is 0 Å². The predicted molar refractivity (Wildman–Crippen MR) is 79.9 cm³/mol. The number of hydrogen-bond donors (Lipinski definition) is 2. The van der Waals surface area contributed by atoms with Gasteiger partial charge in [0.25, 0.3) is 0 Å². The van der Waals surface area contributed by atoms with Crippen LogP contribution in [0.25, 0.3) is 33.3 Å². The number of ether oxygens (including phenoxy) is 1. The standard InChI is InChI=1S/C16H13N3O/c1-20-12-4-5-13-11(7-12)9-14(18-13)15-8-10-3-2-6-17-16(10)19-15/h2-9,18H,1H3,(H,17,19). The number of nitrogens with zero attached hydrogens (tertiary/aromatic N) is 1. The summed E-state index contributed by atoms with van der Waals surface area (Å²) < 4.78 is 5.25. The minimum absolute atomic E-state index is 0.862. The zero-order valence-corrected chi connectivity index (χ0v) is 11.0. The van der Waals surface area contributed by atoms with E-state index in [9.17, 15) is 0 Å².